The molecule has 1 aromatic heterocycles. The van der Waals surface area contributed by atoms with E-state index in [-0.39, 0.29) is 5.75 Å². The highest BCUT2D eigenvalue weighted by Gasteiger charge is 2.10. The van der Waals surface area contributed by atoms with Crippen molar-refractivity contribution in [1.29, 1.82) is 0 Å². The van der Waals surface area contributed by atoms with Gasteiger partial charge in [-0.2, -0.15) is 0 Å². The molecule has 0 unspecified atom stereocenters. The number of nitrogens with zero attached hydrogens (tertiary/aromatic N) is 1. The van der Waals surface area contributed by atoms with Gasteiger partial charge in [0.2, 0.25) is 0 Å². The lowest BCUT2D eigenvalue weighted by Crippen LogP contribution is -1.94. The van der Waals surface area contributed by atoms with E-state index < -0.39 is 0 Å². The number of pyridine rings is 1. The molecule has 0 spiro atoms. The summed E-state index contributed by atoms with van der Waals surface area (Å²) in [4.78, 5) is 4.62. The number of hydrogen-bond donors (Lipinski definition) is 2. The van der Waals surface area contributed by atoms with Gasteiger partial charge in [-0.1, -0.05) is 51.3 Å². The Kier molecular flexibility index (Phi) is 7.83. The number of phenols is 1. The Morgan fingerprint density at radius 3 is 2.36 bits per heavy atom. The first-order valence-electron chi connectivity index (χ1n) is 8.30. The van der Waals surface area contributed by atoms with E-state index in [1.165, 1.54) is 7.05 Å². The fourth-order valence-corrected chi connectivity index (χ4v) is 2.17. The number of aromatic nitrogens is 1. The van der Waals surface area contributed by atoms with Crippen LogP contribution >= 0.6 is 0 Å². The van der Waals surface area contributed by atoms with Gasteiger partial charge in [-0.3, -0.25) is 0 Å². The molecule has 0 atom stereocenters. The van der Waals surface area contributed by atoms with E-state index in [9.17, 15) is 5.11 Å². The minimum atomic E-state index is 0.216. The van der Waals surface area contributed by atoms with Crippen molar-refractivity contribution in [2.45, 2.75) is 20.8 Å². The van der Waals surface area contributed by atoms with Gasteiger partial charge in [-0.15, -0.1) is 0 Å². The van der Waals surface area contributed by atoms with E-state index in [0.717, 1.165) is 28.1 Å². The summed E-state index contributed by atoms with van der Waals surface area (Å²) >= 11 is 0. The van der Waals surface area contributed by atoms with Gasteiger partial charge in [0, 0.05) is 5.56 Å². The molecule has 2 rings (SSSR count). The number of allylic oxidation sites excluding steroid dienone is 4. The molecule has 0 radical (unpaired) electrons. The molecule has 132 valence electrons. The van der Waals surface area contributed by atoms with E-state index >= 15 is 0 Å². The van der Waals surface area contributed by atoms with Gasteiger partial charge in [0.15, 0.2) is 0 Å². The molecular formula is C22H28N2O. The van der Waals surface area contributed by atoms with E-state index in [1.807, 2.05) is 37.3 Å². The van der Waals surface area contributed by atoms with Gasteiger partial charge >= 0.3 is 0 Å². The first-order chi connectivity index (χ1) is 11.9. The maximum absolute atomic E-state index is 10.1. The van der Waals surface area contributed by atoms with Crippen molar-refractivity contribution in [2.75, 3.05) is 7.05 Å². The van der Waals surface area contributed by atoms with Crippen LogP contribution in [0.3, 0.4) is 0 Å². The molecular weight excluding hydrogens is 308 g/mol. The maximum atomic E-state index is 10.1. The molecule has 0 bridgehead atoms. The first kappa shape index (κ1) is 20.4. The average Bonchev–Trinajstić information content (AvgIpc) is 2.61. The Labute approximate surface area is 151 Å². The van der Waals surface area contributed by atoms with Crippen LogP contribution in [0.1, 0.15) is 32.0 Å². The predicted octanol–water partition coefficient (Wildman–Crippen LogP) is 5.29. The van der Waals surface area contributed by atoms with Crippen molar-refractivity contribution in [3.05, 3.63) is 73.0 Å². The zero-order valence-corrected chi connectivity index (χ0v) is 15.6. The summed E-state index contributed by atoms with van der Waals surface area (Å²) in [7, 11) is 1.50. The molecule has 3 N–H and O–H groups in total. The number of nitrogens with two attached hydrogens (primary N) is 1. The van der Waals surface area contributed by atoms with Gasteiger partial charge in [0.25, 0.3) is 0 Å². The molecule has 2 aromatic rings. The lowest BCUT2D eigenvalue weighted by molar-refractivity contribution is 0.477. The summed E-state index contributed by atoms with van der Waals surface area (Å²) in [5.41, 5.74) is 9.51. The Hall–Kier alpha value is -2.65. The highest BCUT2D eigenvalue weighted by molar-refractivity contribution is 5.79. The van der Waals surface area contributed by atoms with Gasteiger partial charge in [-0.25, -0.2) is 4.98 Å². The third-order valence-corrected chi connectivity index (χ3v) is 3.50. The summed E-state index contributed by atoms with van der Waals surface area (Å²) in [6, 6.07) is 11.1. The van der Waals surface area contributed by atoms with Crippen molar-refractivity contribution in [3.8, 4) is 17.0 Å². The minimum absolute atomic E-state index is 0.216. The monoisotopic (exact) mass is 336 g/mol. The third-order valence-electron chi connectivity index (χ3n) is 3.50. The molecule has 1 aromatic carbocycles. The average molecular weight is 336 g/mol. The van der Waals surface area contributed by atoms with Crippen molar-refractivity contribution in [1.82, 2.24) is 4.98 Å². The highest BCUT2D eigenvalue weighted by atomic mass is 16.3. The standard InChI is InChI=1S/C21H23NO.CH5N/c1-14(2)10-11-16(5)17-12-19(15(3)4)22-20(13-17)18-8-6-7-9-21(18)23;1-2/h6-14,23H,3,5H2,1-2,4H3;2H2,1H3/b11-10+;. The molecule has 0 aliphatic heterocycles. The number of para-hydroxylation sites is 1. The number of benzene rings is 1. The topological polar surface area (TPSA) is 59.1 Å². The zero-order chi connectivity index (χ0) is 19.0. The second-order valence-electron chi connectivity index (χ2n) is 6.05. The normalized spacial score (nSPS) is 10.5. The van der Waals surface area contributed by atoms with Crippen LogP contribution in [0.25, 0.3) is 22.4 Å². The summed E-state index contributed by atoms with van der Waals surface area (Å²) < 4.78 is 0. The Morgan fingerprint density at radius 1 is 1.16 bits per heavy atom. The van der Waals surface area contributed by atoms with Gasteiger partial charge in [0.1, 0.15) is 5.75 Å². The van der Waals surface area contributed by atoms with Crippen LogP contribution in [0.5, 0.6) is 5.75 Å². The van der Waals surface area contributed by atoms with E-state index in [1.54, 1.807) is 12.1 Å². The van der Waals surface area contributed by atoms with Crippen LogP contribution in [0, 0.1) is 5.92 Å². The summed E-state index contributed by atoms with van der Waals surface area (Å²) in [5, 5.41) is 10.1. The minimum Gasteiger partial charge on any atom is -0.507 e. The van der Waals surface area contributed by atoms with Crippen molar-refractivity contribution < 1.29 is 5.11 Å². The molecule has 0 saturated heterocycles. The van der Waals surface area contributed by atoms with Gasteiger partial charge in [-0.05, 0) is 60.9 Å². The third kappa shape index (κ3) is 5.73. The lowest BCUT2D eigenvalue weighted by Gasteiger charge is -2.11. The molecule has 0 aliphatic rings. The molecule has 0 fully saturated rings. The van der Waals surface area contributed by atoms with Crippen molar-refractivity contribution >= 4 is 11.1 Å². The quantitative estimate of drug-likeness (QED) is 0.730. The largest absolute Gasteiger partial charge is 0.507 e. The Bertz CT molecular complexity index is 773. The summed E-state index contributed by atoms with van der Waals surface area (Å²) in [6.07, 6.45) is 4.14. The lowest BCUT2D eigenvalue weighted by atomic mass is 10.00. The smallest absolute Gasteiger partial charge is 0.124 e. The Balaban J connectivity index is 0.00000151. The predicted molar refractivity (Wildman–Crippen MR) is 109 cm³/mol. The van der Waals surface area contributed by atoms with Crippen molar-refractivity contribution in [2.24, 2.45) is 11.7 Å². The van der Waals surface area contributed by atoms with Gasteiger partial charge < -0.3 is 10.8 Å². The van der Waals surface area contributed by atoms with Crippen LogP contribution in [-0.2, 0) is 0 Å². The fraction of sp³-hybridized carbons (Fsp3) is 0.227. The fourth-order valence-electron chi connectivity index (χ4n) is 2.17. The van der Waals surface area contributed by atoms with Crippen LogP contribution in [0.4, 0.5) is 0 Å². The molecule has 0 aliphatic carbocycles. The molecule has 25 heavy (non-hydrogen) atoms. The van der Waals surface area contributed by atoms with E-state index in [0.29, 0.717) is 11.5 Å². The second kappa shape index (κ2) is 9.60. The van der Waals surface area contributed by atoms with E-state index in [2.05, 4.69) is 43.8 Å². The van der Waals surface area contributed by atoms with Crippen LogP contribution in [0.2, 0.25) is 0 Å². The number of aromatic hydroxyl groups is 1. The number of rotatable bonds is 5. The maximum Gasteiger partial charge on any atom is 0.124 e. The van der Waals surface area contributed by atoms with Crippen LogP contribution in [0.15, 0.2) is 61.7 Å². The summed E-state index contributed by atoms with van der Waals surface area (Å²) in [6.45, 7) is 14.3. The number of hydrogen-bond acceptors (Lipinski definition) is 3. The first-order valence-corrected chi connectivity index (χ1v) is 8.30. The molecule has 0 amide bonds. The SMILES string of the molecule is C=C(/C=C/C(C)C)c1cc(C(=C)C)nc(-c2ccccc2O)c1.CN. The molecule has 0 saturated carbocycles. The molecule has 1 heterocycles. The highest BCUT2D eigenvalue weighted by Crippen LogP contribution is 2.30. The van der Waals surface area contributed by atoms with E-state index in [4.69, 9.17) is 0 Å². The zero-order valence-electron chi connectivity index (χ0n) is 15.6. The van der Waals surface area contributed by atoms with Crippen LogP contribution in [-0.4, -0.2) is 17.1 Å². The van der Waals surface area contributed by atoms with Crippen LogP contribution < -0.4 is 5.73 Å². The Morgan fingerprint density at radius 2 is 1.80 bits per heavy atom. The second-order valence-corrected chi connectivity index (χ2v) is 6.05. The van der Waals surface area contributed by atoms with Crippen molar-refractivity contribution in [3.63, 3.8) is 0 Å². The molecule has 3 nitrogen and oxygen atoms in total. The number of phenolic OH excluding ortho intramolecular Hbond substituents is 1. The molecule has 3 heteroatoms. The summed E-state index contributed by atoms with van der Waals surface area (Å²) in [5.74, 6) is 0.681. The van der Waals surface area contributed by atoms with Gasteiger partial charge in [0.05, 0.1) is 11.4 Å².